The highest BCUT2D eigenvalue weighted by atomic mass is 35.5. The summed E-state index contributed by atoms with van der Waals surface area (Å²) >= 11 is 7.20. The standard InChI is InChI=1S/C20H14ClF3N2O2S/c21-14-9-8-13(20(22,23)24)11-15(14)25-18(17(27)12-5-2-1-3-6-12)26-19(28)16-7-4-10-29-16/h1-11,18,25H,(H,26,28). The van der Waals surface area contributed by atoms with Gasteiger partial charge in [0.2, 0.25) is 5.78 Å². The second kappa shape index (κ2) is 8.67. The molecule has 0 spiro atoms. The summed E-state index contributed by atoms with van der Waals surface area (Å²) in [4.78, 5) is 25.7. The molecule has 0 aliphatic heterocycles. The molecule has 1 aromatic heterocycles. The number of benzene rings is 2. The van der Waals surface area contributed by atoms with Crippen molar-refractivity contribution < 1.29 is 22.8 Å². The first-order valence-electron chi connectivity index (χ1n) is 8.32. The highest BCUT2D eigenvalue weighted by Crippen LogP contribution is 2.34. The number of anilines is 1. The summed E-state index contributed by atoms with van der Waals surface area (Å²) in [5, 5.41) is 6.84. The molecule has 1 amide bonds. The van der Waals surface area contributed by atoms with Crippen LogP contribution in [0.15, 0.2) is 66.0 Å². The molecule has 29 heavy (non-hydrogen) atoms. The van der Waals surface area contributed by atoms with Gasteiger partial charge in [0.25, 0.3) is 5.91 Å². The van der Waals surface area contributed by atoms with E-state index in [2.05, 4.69) is 10.6 Å². The zero-order chi connectivity index (χ0) is 21.0. The molecule has 2 aromatic carbocycles. The first kappa shape index (κ1) is 20.9. The molecule has 0 bridgehead atoms. The second-order valence-corrected chi connectivity index (χ2v) is 7.31. The Labute approximate surface area is 173 Å². The Morgan fingerprint density at radius 3 is 2.34 bits per heavy atom. The number of alkyl halides is 3. The maximum absolute atomic E-state index is 13.1. The van der Waals surface area contributed by atoms with Crippen LogP contribution in [-0.2, 0) is 6.18 Å². The normalized spacial score (nSPS) is 12.3. The molecule has 1 unspecified atom stereocenters. The lowest BCUT2D eigenvalue weighted by Gasteiger charge is -2.21. The van der Waals surface area contributed by atoms with Gasteiger partial charge in [-0.15, -0.1) is 11.3 Å². The van der Waals surface area contributed by atoms with Crippen LogP contribution in [0.3, 0.4) is 0 Å². The van der Waals surface area contributed by atoms with Crippen molar-refractivity contribution in [2.24, 2.45) is 0 Å². The molecule has 0 saturated carbocycles. The largest absolute Gasteiger partial charge is 0.416 e. The Morgan fingerprint density at radius 2 is 1.72 bits per heavy atom. The van der Waals surface area contributed by atoms with Crippen LogP contribution in [0.25, 0.3) is 0 Å². The molecule has 4 nitrogen and oxygen atoms in total. The maximum atomic E-state index is 13.1. The predicted octanol–water partition coefficient (Wildman–Crippen LogP) is 5.47. The van der Waals surface area contributed by atoms with Gasteiger partial charge in [0.15, 0.2) is 6.17 Å². The Morgan fingerprint density at radius 1 is 1.00 bits per heavy atom. The van der Waals surface area contributed by atoms with Crippen LogP contribution in [-0.4, -0.2) is 17.9 Å². The van der Waals surface area contributed by atoms with Gasteiger partial charge in [0.05, 0.1) is 21.2 Å². The fraction of sp³-hybridized carbons (Fsp3) is 0.100. The van der Waals surface area contributed by atoms with Crippen LogP contribution in [0.1, 0.15) is 25.6 Å². The van der Waals surface area contributed by atoms with E-state index in [9.17, 15) is 22.8 Å². The molecule has 0 aliphatic carbocycles. The van der Waals surface area contributed by atoms with Gasteiger partial charge < -0.3 is 10.6 Å². The van der Waals surface area contributed by atoms with E-state index in [4.69, 9.17) is 11.6 Å². The van der Waals surface area contributed by atoms with E-state index in [-0.39, 0.29) is 16.3 Å². The van der Waals surface area contributed by atoms with Crippen LogP contribution < -0.4 is 10.6 Å². The number of hydrogen-bond acceptors (Lipinski definition) is 4. The van der Waals surface area contributed by atoms with Gasteiger partial charge in [-0.05, 0) is 29.6 Å². The Balaban J connectivity index is 1.93. The maximum Gasteiger partial charge on any atom is 0.416 e. The number of ketones is 1. The average molecular weight is 439 g/mol. The number of halogens is 4. The summed E-state index contributed by atoms with van der Waals surface area (Å²) in [6, 6.07) is 14.0. The van der Waals surface area contributed by atoms with E-state index in [0.29, 0.717) is 4.88 Å². The van der Waals surface area contributed by atoms with Crippen molar-refractivity contribution in [2.75, 3.05) is 5.32 Å². The lowest BCUT2D eigenvalue weighted by atomic mass is 10.1. The monoisotopic (exact) mass is 438 g/mol. The van der Waals surface area contributed by atoms with Crippen molar-refractivity contribution in [1.82, 2.24) is 5.32 Å². The molecule has 1 heterocycles. The number of amides is 1. The van der Waals surface area contributed by atoms with Gasteiger partial charge in [0.1, 0.15) is 0 Å². The van der Waals surface area contributed by atoms with E-state index in [1.165, 1.54) is 11.3 Å². The second-order valence-electron chi connectivity index (χ2n) is 5.95. The van der Waals surface area contributed by atoms with Crippen LogP contribution in [0, 0.1) is 0 Å². The third-order valence-electron chi connectivity index (χ3n) is 3.93. The summed E-state index contributed by atoms with van der Waals surface area (Å²) in [6.45, 7) is 0. The molecule has 3 rings (SSSR count). The molecule has 0 aliphatic rings. The van der Waals surface area contributed by atoms with Crippen molar-refractivity contribution in [1.29, 1.82) is 0 Å². The van der Waals surface area contributed by atoms with Crippen molar-refractivity contribution in [3.63, 3.8) is 0 Å². The summed E-state index contributed by atoms with van der Waals surface area (Å²) in [7, 11) is 0. The minimum atomic E-state index is -4.58. The highest BCUT2D eigenvalue weighted by Gasteiger charge is 2.32. The number of hydrogen-bond donors (Lipinski definition) is 2. The smallest absolute Gasteiger partial charge is 0.358 e. The van der Waals surface area contributed by atoms with Crippen molar-refractivity contribution in [3.05, 3.63) is 87.1 Å². The van der Waals surface area contributed by atoms with Crippen LogP contribution >= 0.6 is 22.9 Å². The summed E-state index contributed by atoms with van der Waals surface area (Å²) in [6.07, 6.45) is -5.91. The molecular formula is C20H14ClF3N2O2S. The van der Waals surface area contributed by atoms with E-state index < -0.39 is 29.6 Å². The van der Waals surface area contributed by atoms with Gasteiger partial charge in [0, 0.05) is 5.56 Å². The molecule has 0 fully saturated rings. The van der Waals surface area contributed by atoms with E-state index >= 15 is 0 Å². The van der Waals surface area contributed by atoms with Gasteiger partial charge in [-0.1, -0.05) is 48.0 Å². The van der Waals surface area contributed by atoms with Crippen LogP contribution in [0.5, 0.6) is 0 Å². The van der Waals surface area contributed by atoms with E-state index in [1.54, 1.807) is 47.8 Å². The molecule has 3 aromatic rings. The lowest BCUT2D eigenvalue weighted by molar-refractivity contribution is -0.137. The molecule has 9 heteroatoms. The molecule has 2 N–H and O–H groups in total. The van der Waals surface area contributed by atoms with Crippen molar-refractivity contribution >= 4 is 40.3 Å². The third kappa shape index (κ3) is 5.16. The minimum Gasteiger partial charge on any atom is -0.358 e. The average Bonchev–Trinajstić information content (AvgIpc) is 3.23. The lowest BCUT2D eigenvalue weighted by Crippen LogP contribution is -2.46. The zero-order valence-electron chi connectivity index (χ0n) is 14.7. The number of Topliss-reactive ketones (excluding diaryl/α,β-unsaturated/α-hetero) is 1. The van der Waals surface area contributed by atoms with E-state index in [0.717, 1.165) is 18.2 Å². The number of thiophene rings is 1. The summed E-state index contributed by atoms with van der Waals surface area (Å²) < 4.78 is 39.2. The predicted molar refractivity (Wildman–Crippen MR) is 106 cm³/mol. The first-order chi connectivity index (χ1) is 13.8. The first-order valence-corrected chi connectivity index (χ1v) is 9.58. The quantitative estimate of drug-likeness (QED) is 0.396. The van der Waals surface area contributed by atoms with Crippen LogP contribution in [0.4, 0.5) is 18.9 Å². The SMILES string of the molecule is O=C(NC(Nc1cc(C(F)(F)F)ccc1Cl)C(=O)c1ccccc1)c1cccs1. The van der Waals surface area contributed by atoms with Gasteiger partial charge >= 0.3 is 6.18 Å². The minimum absolute atomic E-state index is 0.0192. The highest BCUT2D eigenvalue weighted by molar-refractivity contribution is 7.12. The fourth-order valence-electron chi connectivity index (χ4n) is 2.51. The van der Waals surface area contributed by atoms with Gasteiger partial charge in [-0.25, -0.2) is 0 Å². The van der Waals surface area contributed by atoms with Crippen LogP contribution in [0.2, 0.25) is 5.02 Å². The van der Waals surface area contributed by atoms with Crippen molar-refractivity contribution in [2.45, 2.75) is 12.3 Å². The number of carbonyl (C=O) groups is 2. The van der Waals surface area contributed by atoms with Gasteiger partial charge in [-0.3, -0.25) is 9.59 Å². The Kier molecular flexibility index (Phi) is 6.24. The molecule has 1 atom stereocenters. The zero-order valence-corrected chi connectivity index (χ0v) is 16.2. The molecular weight excluding hydrogens is 425 g/mol. The Hall–Kier alpha value is -2.84. The van der Waals surface area contributed by atoms with Crippen molar-refractivity contribution in [3.8, 4) is 0 Å². The number of carbonyl (C=O) groups excluding carboxylic acids is 2. The summed E-state index contributed by atoms with van der Waals surface area (Å²) in [5.74, 6) is -1.06. The third-order valence-corrected chi connectivity index (χ3v) is 5.13. The molecule has 0 saturated heterocycles. The topological polar surface area (TPSA) is 58.2 Å². The van der Waals surface area contributed by atoms with Gasteiger partial charge in [-0.2, -0.15) is 13.2 Å². The Bertz CT molecular complexity index is 1010. The molecule has 150 valence electrons. The van der Waals surface area contributed by atoms with E-state index in [1.807, 2.05) is 0 Å². The summed E-state index contributed by atoms with van der Waals surface area (Å²) in [5.41, 5.74) is -0.776. The molecule has 0 radical (unpaired) electrons. The fourth-order valence-corrected chi connectivity index (χ4v) is 3.31. The number of rotatable bonds is 6. The number of nitrogens with one attached hydrogen (secondary N) is 2.